The highest BCUT2D eigenvalue weighted by Crippen LogP contribution is 2.20. The maximum atomic E-state index is 12.7. The Kier molecular flexibility index (Phi) is 5.76. The quantitative estimate of drug-likeness (QED) is 0.851. The lowest BCUT2D eigenvalue weighted by atomic mass is 9.98. The number of aryl methyl sites for hydroxylation is 1. The molecule has 118 valence electrons. The van der Waals surface area contributed by atoms with E-state index >= 15 is 0 Å². The third-order valence-corrected chi connectivity index (χ3v) is 4.12. The fourth-order valence-corrected chi connectivity index (χ4v) is 2.91. The topological polar surface area (TPSA) is 73.4 Å². The molecule has 2 rings (SSSR count). The molecule has 0 spiro atoms. The number of hydrogen-bond donors (Lipinski definition) is 1. The first kappa shape index (κ1) is 16.0. The van der Waals surface area contributed by atoms with Gasteiger partial charge >= 0.3 is 0 Å². The largest absolute Gasteiger partial charge is 0.384 e. The summed E-state index contributed by atoms with van der Waals surface area (Å²) in [6.07, 6.45) is 4.73. The highest BCUT2D eigenvalue weighted by Gasteiger charge is 2.26. The maximum Gasteiger partial charge on any atom is 0.257 e. The molecule has 21 heavy (non-hydrogen) atoms. The Bertz CT molecular complexity index is 470. The van der Waals surface area contributed by atoms with Gasteiger partial charge in [0.25, 0.3) is 5.91 Å². The number of hydrogen-bond acceptors (Lipinski definition) is 4. The molecule has 1 saturated heterocycles. The third kappa shape index (κ3) is 3.83. The van der Waals surface area contributed by atoms with Crippen molar-refractivity contribution < 1.29 is 9.53 Å². The number of rotatable bonds is 6. The molecule has 0 aliphatic carbocycles. The molecule has 1 fully saturated rings. The van der Waals surface area contributed by atoms with Crippen molar-refractivity contribution in [2.24, 2.45) is 11.7 Å². The van der Waals surface area contributed by atoms with Gasteiger partial charge in [-0.15, -0.1) is 0 Å². The molecule has 6 heteroatoms. The van der Waals surface area contributed by atoms with Crippen molar-refractivity contribution in [1.82, 2.24) is 14.7 Å². The van der Waals surface area contributed by atoms with E-state index < -0.39 is 0 Å². The Balaban J connectivity index is 2.04. The van der Waals surface area contributed by atoms with Gasteiger partial charge < -0.3 is 15.4 Å². The van der Waals surface area contributed by atoms with E-state index in [9.17, 15) is 4.79 Å². The van der Waals surface area contributed by atoms with Gasteiger partial charge in [-0.25, -0.2) is 0 Å². The van der Waals surface area contributed by atoms with Crippen LogP contribution in [0.15, 0.2) is 6.20 Å². The summed E-state index contributed by atoms with van der Waals surface area (Å²) in [7, 11) is 1.71. The third-order valence-electron chi connectivity index (χ3n) is 4.12. The molecule has 1 unspecified atom stereocenters. The van der Waals surface area contributed by atoms with Gasteiger partial charge in [0.05, 0.1) is 18.4 Å². The molecule has 1 aromatic rings. The monoisotopic (exact) mass is 294 g/mol. The average Bonchev–Trinajstić information content (AvgIpc) is 2.86. The molecule has 1 aliphatic heterocycles. The Morgan fingerprint density at radius 2 is 2.38 bits per heavy atom. The van der Waals surface area contributed by atoms with Gasteiger partial charge in [-0.3, -0.25) is 9.48 Å². The van der Waals surface area contributed by atoms with Crippen LogP contribution in [0.4, 0.5) is 0 Å². The number of carbonyl (C=O) groups excluding carboxylic acids is 1. The minimum Gasteiger partial charge on any atom is -0.384 e. The van der Waals surface area contributed by atoms with Crippen LogP contribution in [-0.2, 0) is 11.3 Å². The first-order chi connectivity index (χ1) is 10.2. The number of amides is 1. The second-order valence-electron chi connectivity index (χ2n) is 5.72. The second-order valence-corrected chi connectivity index (χ2v) is 5.72. The Hall–Kier alpha value is -1.40. The summed E-state index contributed by atoms with van der Waals surface area (Å²) >= 11 is 0. The molecule has 0 radical (unpaired) electrons. The smallest absolute Gasteiger partial charge is 0.257 e. The molecule has 1 amide bonds. The highest BCUT2D eigenvalue weighted by atomic mass is 16.5. The van der Waals surface area contributed by atoms with Crippen molar-refractivity contribution in [2.45, 2.75) is 32.7 Å². The second kappa shape index (κ2) is 7.56. The van der Waals surface area contributed by atoms with E-state index in [1.54, 1.807) is 13.3 Å². The fraction of sp³-hybridized carbons (Fsp3) is 0.733. The zero-order valence-electron chi connectivity index (χ0n) is 13.0. The number of nitrogens with zero attached hydrogens (tertiary/aromatic N) is 3. The Morgan fingerprint density at radius 1 is 1.57 bits per heavy atom. The van der Waals surface area contributed by atoms with Gasteiger partial charge in [-0.2, -0.15) is 5.10 Å². The van der Waals surface area contributed by atoms with Crippen LogP contribution in [0.3, 0.4) is 0 Å². The van der Waals surface area contributed by atoms with Crippen molar-refractivity contribution in [1.29, 1.82) is 0 Å². The van der Waals surface area contributed by atoms with Crippen molar-refractivity contribution in [3.63, 3.8) is 0 Å². The minimum absolute atomic E-state index is 0.0901. The number of nitrogens with two attached hydrogens (primary N) is 1. The predicted octanol–water partition coefficient (Wildman–Crippen LogP) is 1.04. The summed E-state index contributed by atoms with van der Waals surface area (Å²) in [4.78, 5) is 14.6. The van der Waals surface area contributed by atoms with Crippen LogP contribution in [-0.4, -0.2) is 53.9 Å². The molecule has 1 aromatic heterocycles. The van der Waals surface area contributed by atoms with Gasteiger partial charge in [0, 0.05) is 32.4 Å². The standard InChI is InChI=1S/C15H26N4O2/c1-12-14(9-17-19(12)8-4-6-16)15(20)18-7-3-5-13(10-18)11-21-2/h9,13H,3-8,10-11,16H2,1-2H3. The SMILES string of the molecule is COCC1CCCN(C(=O)c2cnn(CCCN)c2C)C1. The molecule has 2 heterocycles. The lowest BCUT2D eigenvalue weighted by molar-refractivity contribution is 0.0570. The van der Waals surface area contributed by atoms with E-state index in [-0.39, 0.29) is 5.91 Å². The van der Waals surface area contributed by atoms with Crippen molar-refractivity contribution in [2.75, 3.05) is 33.4 Å². The van der Waals surface area contributed by atoms with E-state index in [0.29, 0.717) is 18.0 Å². The molecular weight excluding hydrogens is 268 g/mol. The van der Waals surface area contributed by atoms with Crippen molar-refractivity contribution in [3.05, 3.63) is 17.5 Å². The first-order valence-corrected chi connectivity index (χ1v) is 7.68. The number of piperidine rings is 1. The van der Waals surface area contributed by atoms with E-state index in [4.69, 9.17) is 10.5 Å². The van der Waals surface area contributed by atoms with E-state index in [0.717, 1.165) is 51.2 Å². The van der Waals surface area contributed by atoms with Crippen LogP contribution < -0.4 is 5.73 Å². The van der Waals surface area contributed by atoms with Crippen LogP contribution in [0, 0.1) is 12.8 Å². The minimum atomic E-state index is 0.0901. The summed E-state index contributed by atoms with van der Waals surface area (Å²) in [6.45, 7) is 5.67. The molecule has 0 saturated carbocycles. The summed E-state index contributed by atoms with van der Waals surface area (Å²) in [5.41, 5.74) is 7.17. The molecule has 2 N–H and O–H groups in total. The van der Waals surface area contributed by atoms with Gasteiger partial charge in [0.15, 0.2) is 0 Å². The van der Waals surface area contributed by atoms with Crippen LogP contribution in [0.2, 0.25) is 0 Å². The predicted molar refractivity (Wildman–Crippen MR) is 81.1 cm³/mol. The zero-order chi connectivity index (χ0) is 15.2. The first-order valence-electron chi connectivity index (χ1n) is 7.68. The van der Waals surface area contributed by atoms with Crippen LogP contribution in [0.25, 0.3) is 0 Å². The lowest BCUT2D eigenvalue weighted by Gasteiger charge is -2.32. The fourth-order valence-electron chi connectivity index (χ4n) is 2.91. The molecular formula is C15H26N4O2. The van der Waals surface area contributed by atoms with E-state index in [1.807, 2.05) is 16.5 Å². The highest BCUT2D eigenvalue weighted by molar-refractivity contribution is 5.95. The molecule has 0 aromatic carbocycles. The normalized spacial score (nSPS) is 19.0. The Labute approximate surface area is 126 Å². The number of aromatic nitrogens is 2. The molecule has 6 nitrogen and oxygen atoms in total. The van der Waals surface area contributed by atoms with Crippen molar-refractivity contribution >= 4 is 5.91 Å². The van der Waals surface area contributed by atoms with Crippen LogP contribution in [0.1, 0.15) is 35.3 Å². The molecule has 1 aliphatic rings. The summed E-state index contributed by atoms with van der Waals surface area (Å²) in [5.74, 6) is 0.535. The Morgan fingerprint density at radius 3 is 3.10 bits per heavy atom. The maximum absolute atomic E-state index is 12.7. The van der Waals surface area contributed by atoms with Gasteiger partial charge in [-0.1, -0.05) is 0 Å². The molecule has 1 atom stereocenters. The summed E-state index contributed by atoms with van der Waals surface area (Å²) in [5, 5.41) is 4.31. The number of carbonyl (C=O) groups is 1. The van der Waals surface area contributed by atoms with Crippen molar-refractivity contribution in [3.8, 4) is 0 Å². The number of ether oxygens (including phenoxy) is 1. The summed E-state index contributed by atoms with van der Waals surface area (Å²) in [6, 6.07) is 0. The lowest BCUT2D eigenvalue weighted by Crippen LogP contribution is -2.41. The van der Waals surface area contributed by atoms with E-state index in [2.05, 4.69) is 5.10 Å². The molecule has 0 bridgehead atoms. The van der Waals surface area contributed by atoms with Gasteiger partial charge in [0.2, 0.25) is 0 Å². The van der Waals surface area contributed by atoms with Gasteiger partial charge in [-0.05, 0) is 38.6 Å². The number of methoxy groups -OCH3 is 1. The average molecular weight is 294 g/mol. The van der Waals surface area contributed by atoms with E-state index in [1.165, 1.54) is 0 Å². The summed E-state index contributed by atoms with van der Waals surface area (Å²) < 4.78 is 7.09. The van der Waals surface area contributed by atoms with Gasteiger partial charge in [0.1, 0.15) is 0 Å². The number of likely N-dealkylation sites (tertiary alicyclic amines) is 1. The zero-order valence-corrected chi connectivity index (χ0v) is 13.0. The van der Waals surface area contributed by atoms with Crippen LogP contribution >= 0.6 is 0 Å². The van der Waals surface area contributed by atoms with Crippen LogP contribution in [0.5, 0.6) is 0 Å².